The number of rotatable bonds is 6. The smallest absolute Gasteiger partial charge is 0.170 e. The number of benzene rings is 1. The number of nitrogens with zero attached hydrogens (tertiary/aromatic N) is 2. The number of nitrogen functional groups attached to an aromatic ring is 1. The molecule has 2 N–H and O–H groups in total. The van der Waals surface area contributed by atoms with Crippen LogP contribution in [0.2, 0.25) is 0 Å². The van der Waals surface area contributed by atoms with Gasteiger partial charge in [-0.3, -0.25) is 0 Å². The Morgan fingerprint density at radius 2 is 2.10 bits per heavy atom. The molecule has 112 valence electrons. The molecule has 0 fully saturated rings. The second kappa shape index (κ2) is 6.35. The number of aromatic nitrogens is 2. The Hall–Kier alpha value is -2.43. The molecule has 0 aliphatic carbocycles. The minimum atomic E-state index is 0.610. The van der Waals surface area contributed by atoms with Gasteiger partial charge in [0.15, 0.2) is 11.5 Å². The van der Waals surface area contributed by atoms with E-state index < -0.39 is 0 Å². The Kier molecular flexibility index (Phi) is 4.52. The van der Waals surface area contributed by atoms with Gasteiger partial charge in [-0.15, -0.1) is 6.58 Å². The van der Waals surface area contributed by atoms with E-state index in [1.165, 1.54) is 0 Å². The molecule has 21 heavy (non-hydrogen) atoms. The van der Waals surface area contributed by atoms with Crippen molar-refractivity contribution in [2.45, 2.75) is 19.9 Å². The van der Waals surface area contributed by atoms with Crippen LogP contribution >= 0.6 is 0 Å². The highest BCUT2D eigenvalue weighted by atomic mass is 16.5. The number of hydrogen-bond donors (Lipinski definition) is 1. The van der Waals surface area contributed by atoms with Crippen LogP contribution in [0.4, 0.5) is 5.82 Å². The van der Waals surface area contributed by atoms with Gasteiger partial charge in [-0.2, -0.15) is 0 Å². The molecule has 0 spiro atoms. The number of ether oxygens (including phenoxy) is 2. The Labute approximate surface area is 125 Å². The third-order valence-corrected chi connectivity index (χ3v) is 3.37. The number of anilines is 1. The van der Waals surface area contributed by atoms with E-state index in [0.717, 1.165) is 17.8 Å². The summed E-state index contributed by atoms with van der Waals surface area (Å²) in [5.41, 5.74) is 7.81. The molecule has 0 saturated heterocycles. The van der Waals surface area contributed by atoms with Crippen molar-refractivity contribution in [3.8, 4) is 22.8 Å². The lowest BCUT2D eigenvalue weighted by atomic mass is 10.1. The fourth-order valence-corrected chi connectivity index (χ4v) is 2.39. The summed E-state index contributed by atoms with van der Waals surface area (Å²) < 4.78 is 12.8. The second-order valence-electron chi connectivity index (χ2n) is 4.56. The van der Waals surface area contributed by atoms with Crippen molar-refractivity contribution in [1.82, 2.24) is 9.55 Å². The van der Waals surface area contributed by atoms with Gasteiger partial charge in [0, 0.05) is 18.5 Å². The standard InChI is InChI=1S/C16H21N3O2/c1-5-10-19-13(6-2)18-14(16(19)17)11-8-7-9-12(20-3)15(11)21-4/h5,7-9H,1,6,10,17H2,2-4H3. The summed E-state index contributed by atoms with van der Waals surface area (Å²) in [7, 11) is 3.22. The van der Waals surface area contributed by atoms with Gasteiger partial charge in [-0.1, -0.05) is 19.1 Å². The van der Waals surface area contributed by atoms with Crippen LogP contribution in [-0.4, -0.2) is 23.8 Å². The fourth-order valence-electron chi connectivity index (χ4n) is 2.39. The summed E-state index contributed by atoms with van der Waals surface area (Å²) in [5, 5.41) is 0. The number of imidazole rings is 1. The lowest BCUT2D eigenvalue weighted by molar-refractivity contribution is 0.356. The number of aryl methyl sites for hydroxylation is 1. The summed E-state index contributed by atoms with van der Waals surface area (Å²) >= 11 is 0. The molecule has 2 rings (SSSR count). The third-order valence-electron chi connectivity index (χ3n) is 3.37. The highest BCUT2D eigenvalue weighted by molar-refractivity contribution is 5.78. The first-order chi connectivity index (χ1) is 10.2. The van der Waals surface area contributed by atoms with Crippen molar-refractivity contribution >= 4 is 5.82 Å². The molecule has 0 aliphatic rings. The summed E-state index contributed by atoms with van der Waals surface area (Å²) in [4.78, 5) is 4.66. The topological polar surface area (TPSA) is 62.3 Å². The van der Waals surface area contributed by atoms with Crippen molar-refractivity contribution in [1.29, 1.82) is 0 Å². The predicted molar refractivity (Wildman–Crippen MR) is 84.8 cm³/mol. The normalized spacial score (nSPS) is 10.4. The first-order valence-corrected chi connectivity index (χ1v) is 6.85. The van der Waals surface area contributed by atoms with E-state index in [0.29, 0.717) is 29.6 Å². The zero-order chi connectivity index (χ0) is 15.4. The van der Waals surface area contributed by atoms with E-state index in [2.05, 4.69) is 11.6 Å². The van der Waals surface area contributed by atoms with Gasteiger partial charge < -0.3 is 19.8 Å². The molecule has 1 aromatic heterocycles. The van der Waals surface area contributed by atoms with Gasteiger partial charge in [-0.05, 0) is 12.1 Å². The number of methoxy groups -OCH3 is 2. The van der Waals surface area contributed by atoms with E-state index >= 15 is 0 Å². The molecular weight excluding hydrogens is 266 g/mol. The van der Waals surface area contributed by atoms with Crippen LogP contribution in [0.3, 0.4) is 0 Å². The van der Waals surface area contributed by atoms with Crippen molar-refractivity contribution < 1.29 is 9.47 Å². The van der Waals surface area contributed by atoms with Gasteiger partial charge in [-0.25, -0.2) is 4.98 Å². The van der Waals surface area contributed by atoms with Crippen molar-refractivity contribution in [2.24, 2.45) is 0 Å². The highest BCUT2D eigenvalue weighted by Crippen LogP contribution is 2.39. The maximum atomic E-state index is 6.27. The molecule has 0 unspecified atom stereocenters. The van der Waals surface area contributed by atoms with Crippen LogP contribution in [-0.2, 0) is 13.0 Å². The average molecular weight is 287 g/mol. The molecule has 0 aliphatic heterocycles. The molecule has 5 nitrogen and oxygen atoms in total. The average Bonchev–Trinajstić information content (AvgIpc) is 2.83. The predicted octanol–water partition coefficient (Wildman–Crippen LogP) is 2.90. The molecule has 1 heterocycles. The first-order valence-electron chi connectivity index (χ1n) is 6.85. The maximum Gasteiger partial charge on any atom is 0.170 e. The number of nitrogens with two attached hydrogens (primary N) is 1. The highest BCUT2D eigenvalue weighted by Gasteiger charge is 2.19. The lowest BCUT2D eigenvalue weighted by Gasteiger charge is -2.11. The zero-order valence-corrected chi connectivity index (χ0v) is 12.7. The Morgan fingerprint density at radius 1 is 1.33 bits per heavy atom. The fraction of sp³-hybridized carbons (Fsp3) is 0.312. The number of allylic oxidation sites excluding steroid dienone is 1. The van der Waals surface area contributed by atoms with E-state index in [4.69, 9.17) is 15.2 Å². The Bertz CT molecular complexity index is 647. The van der Waals surface area contributed by atoms with E-state index in [1.54, 1.807) is 14.2 Å². The van der Waals surface area contributed by atoms with Gasteiger partial charge in [0.05, 0.1) is 14.2 Å². The number of hydrogen-bond acceptors (Lipinski definition) is 4. The number of para-hydroxylation sites is 1. The monoisotopic (exact) mass is 287 g/mol. The molecular formula is C16H21N3O2. The van der Waals surface area contributed by atoms with E-state index in [1.807, 2.05) is 35.8 Å². The lowest BCUT2D eigenvalue weighted by Crippen LogP contribution is -2.05. The van der Waals surface area contributed by atoms with E-state index in [-0.39, 0.29) is 0 Å². The molecule has 0 amide bonds. The van der Waals surface area contributed by atoms with Gasteiger partial charge in [0.2, 0.25) is 0 Å². The minimum absolute atomic E-state index is 0.610. The third kappa shape index (κ3) is 2.59. The molecule has 2 aromatic rings. The summed E-state index contributed by atoms with van der Waals surface area (Å²) in [6.45, 7) is 6.45. The Morgan fingerprint density at radius 3 is 2.67 bits per heavy atom. The van der Waals surface area contributed by atoms with Crippen LogP contribution in [0.1, 0.15) is 12.7 Å². The van der Waals surface area contributed by atoms with Crippen molar-refractivity contribution in [3.63, 3.8) is 0 Å². The van der Waals surface area contributed by atoms with Gasteiger partial charge in [0.25, 0.3) is 0 Å². The molecule has 0 bridgehead atoms. The molecule has 0 saturated carbocycles. The van der Waals surface area contributed by atoms with Gasteiger partial charge >= 0.3 is 0 Å². The molecule has 0 radical (unpaired) electrons. The van der Waals surface area contributed by atoms with Crippen LogP contribution in [0, 0.1) is 0 Å². The molecule has 0 atom stereocenters. The van der Waals surface area contributed by atoms with Crippen molar-refractivity contribution in [2.75, 3.05) is 20.0 Å². The molecule has 5 heteroatoms. The summed E-state index contributed by atoms with van der Waals surface area (Å²) in [6.07, 6.45) is 2.61. The van der Waals surface area contributed by atoms with Crippen LogP contribution in [0.5, 0.6) is 11.5 Å². The van der Waals surface area contributed by atoms with Crippen LogP contribution in [0.15, 0.2) is 30.9 Å². The van der Waals surface area contributed by atoms with E-state index in [9.17, 15) is 0 Å². The Balaban J connectivity index is 2.64. The maximum absolute atomic E-state index is 6.27. The summed E-state index contributed by atoms with van der Waals surface area (Å²) in [6, 6.07) is 5.67. The first kappa shape index (κ1) is 15.0. The SMILES string of the molecule is C=CCn1c(CC)nc(-c2cccc(OC)c2OC)c1N. The quantitative estimate of drug-likeness (QED) is 0.830. The summed E-state index contributed by atoms with van der Waals surface area (Å²) in [5.74, 6) is 2.83. The zero-order valence-electron chi connectivity index (χ0n) is 12.7. The van der Waals surface area contributed by atoms with Crippen molar-refractivity contribution in [3.05, 3.63) is 36.7 Å². The minimum Gasteiger partial charge on any atom is -0.493 e. The molecule has 1 aromatic carbocycles. The second-order valence-corrected chi connectivity index (χ2v) is 4.56. The van der Waals surface area contributed by atoms with Crippen LogP contribution in [0.25, 0.3) is 11.3 Å². The van der Waals surface area contributed by atoms with Gasteiger partial charge in [0.1, 0.15) is 17.3 Å². The van der Waals surface area contributed by atoms with Crippen LogP contribution < -0.4 is 15.2 Å². The largest absolute Gasteiger partial charge is 0.493 e.